The number of hydrogen-bond donors (Lipinski definition) is 2. The zero-order valence-corrected chi connectivity index (χ0v) is 11.6. The Bertz CT molecular complexity index is 211. The maximum atomic E-state index is 10.2. The van der Waals surface area contributed by atoms with Crippen LogP contribution < -0.4 is 5.32 Å². The number of nitrogens with one attached hydrogen (secondary N) is 1. The molecule has 1 unspecified atom stereocenters. The summed E-state index contributed by atoms with van der Waals surface area (Å²) >= 11 is 0. The van der Waals surface area contributed by atoms with Crippen LogP contribution in [-0.4, -0.2) is 23.3 Å². The van der Waals surface area contributed by atoms with Crippen LogP contribution in [0.2, 0.25) is 0 Å². The first kappa shape index (κ1) is 14.0. The second kappa shape index (κ2) is 5.05. The van der Waals surface area contributed by atoms with Crippen molar-refractivity contribution in [2.45, 2.75) is 71.9 Å². The largest absolute Gasteiger partial charge is 0.389 e. The number of rotatable bonds is 4. The van der Waals surface area contributed by atoms with Crippen molar-refractivity contribution in [2.24, 2.45) is 11.3 Å². The van der Waals surface area contributed by atoms with E-state index < -0.39 is 5.60 Å². The maximum Gasteiger partial charge on any atom is 0.0766 e. The molecule has 0 aromatic heterocycles. The fourth-order valence-corrected chi connectivity index (χ4v) is 2.16. The van der Waals surface area contributed by atoms with E-state index in [0.717, 1.165) is 6.54 Å². The molecule has 1 atom stereocenters. The summed E-state index contributed by atoms with van der Waals surface area (Å²) in [7, 11) is 0. The Hall–Kier alpha value is -0.0800. The van der Waals surface area contributed by atoms with Gasteiger partial charge in [-0.25, -0.2) is 0 Å². The van der Waals surface area contributed by atoms with Crippen LogP contribution in [0.25, 0.3) is 0 Å². The van der Waals surface area contributed by atoms with E-state index in [9.17, 15) is 5.11 Å². The Labute approximate surface area is 101 Å². The van der Waals surface area contributed by atoms with E-state index >= 15 is 0 Å². The van der Waals surface area contributed by atoms with Crippen molar-refractivity contribution in [1.82, 2.24) is 5.32 Å². The smallest absolute Gasteiger partial charge is 0.0766 e. The molecule has 0 saturated heterocycles. The van der Waals surface area contributed by atoms with Crippen LogP contribution in [0.4, 0.5) is 0 Å². The van der Waals surface area contributed by atoms with Gasteiger partial charge in [-0.15, -0.1) is 0 Å². The monoisotopic (exact) mass is 227 g/mol. The van der Waals surface area contributed by atoms with Crippen LogP contribution in [-0.2, 0) is 0 Å². The molecule has 1 aliphatic rings. The van der Waals surface area contributed by atoms with Crippen molar-refractivity contribution >= 4 is 0 Å². The zero-order chi connectivity index (χ0) is 12.4. The molecule has 2 N–H and O–H groups in total. The van der Waals surface area contributed by atoms with E-state index in [1.54, 1.807) is 0 Å². The molecule has 16 heavy (non-hydrogen) atoms. The first-order valence-corrected chi connectivity index (χ1v) is 6.69. The lowest BCUT2D eigenvalue weighted by Gasteiger charge is -2.37. The molecule has 0 aromatic rings. The van der Waals surface area contributed by atoms with Crippen molar-refractivity contribution in [1.29, 1.82) is 0 Å². The second-order valence-electron chi connectivity index (χ2n) is 6.83. The highest BCUT2D eigenvalue weighted by Gasteiger charge is 2.29. The Morgan fingerprint density at radius 3 is 2.25 bits per heavy atom. The predicted molar refractivity (Wildman–Crippen MR) is 69.5 cm³/mol. The quantitative estimate of drug-likeness (QED) is 0.774. The molecule has 0 amide bonds. The molecule has 96 valence electrons. The molecule has 1 fully saturated rings. The lowest BCUT2D eigenvalue weighted by molar-refractivity contribution is 0.00950. The van der Waals surface area contributed by atoms with Crippen LogP contribution in [0.5, 0.6) is 0 Å². The third kappa shape index (κ3) is 4.06. The summed E-state index contributed by atoms with van der Waals surface area (Å²) in [6, 6.07) is 0.609. The van der Waals surface area contributed by atoms with E-state index in [1.807, 2.05) is 6.92 Å². The van der Waals surface area contributed by atoms with Gasteiger partial charge in [-0.2, -0.15) is 0 Å². The van der Waals surface area contributed by atoms with Crippen LogP contribution in [0.15, 0.2) is 0 Å². The molecular weight excluding hydrogens is 198 g/mol. The molecule has 0 radical (unpaired) electrons. The third-order valence-corrected chi connectivity index (χ3v) is 4.33. The molecule has 1 rings (SSSR count). The van der Waals surface area contributed by atoms with Crippen molar-refractivity contribution in [2.75, 3.05) is 6.54 Å². The summed E-state index contributed by atoms with van der Waals surface area (Å²) in [6.07, 6.45) is 5.10. The van der Waals surface area contributed by atoms with E-state index in [0.29, 0.717) is 17.4 Å². The van der Waals surface area contributed by atoms with Gasteiger partial charge in [-0.3, -0.25) is 0 Å². The Morgan fingerprint density at radius 2 is 1.81 bits per heavy atom. The lowest BCUT2D eigenvalue weighted by Crippen LogP contribution is -2.47. The Kier molecular flexibility index (Phi) is 4.42. The average Bonchev–Trinajstić information content (AvgIpc) is 2.16. The molecule has 0 heterocycles. The fraction of sp³-hybridized carbons (Fsp3) is 1.00. The van der Waals surface area contributed by atoms with Crippen molar-refractivity contribution in [3.05, 3.63) is 0 Å². The molecule has 0 spiro atoms. The summed E-state index contributed by atoms with van der Waals surface area (Å²) in [6.45, 7) is 11.5. The molecule has 2 nitrogen and oxygen atoms in total. The summed E-state index contributed by atoms with van der Waals surface area (Å²) < 4.78 is 0. The Balaban J connectivity index is 2.30. The molecule has 1 saturated carbocycles. The highest BCUT2D eigenvalue weighted by Crippen LogP contribution is 2.35. The van der Waals surface area contributed by atoms with Crippen LogP contribution in [0, 0.1) is 11.3 Å². The van der Waals surface area contributed by atoms with E-state index in [-0.39, 0.29) is 0 Å². The molecule has 2 heteroatoms. The van der Waals surface area contributed by atoms with Crippen molar-refractivity contribution in [3.8, 4) is 0 Å². The third-order valence-electron chi connectivity index (χ3n) is 4.33. The molecular formula is C14H29NO. The lowest BCUT2D eigenvalue weighted by atomic mass is 9.75. The summed E-state index contributed by atoms with van der Waals surface area (Å²) in [5.74, 6) is 0.306. The minimum atomic E-state index is -0.576. The number of hydrogen-bond acceptors (Lipinski definition) is 2. The average molecular weight is 227 g/mol. The van der Waals surface area contributed by atoms with Crippen molar-refractivity contribution in [3.63, 3.8) is 0 Å². The first-order valence-electron chi connectivity index (χ1n) is 6.69. The molecule has 1 aliphatic carbocycles. The standard InChI is InChI=1S/C14H29NO/c1-11(2)14(5,16)10-15-12-6-8-13(3,4)9-7-12/h11-12,15-16H,6-10H2,1-5H3. The molecule has 0 aliphatic heterocycles. The predicted octanol–water partition coefficient (Wildman–Crippen LogP) is 2.95. The van der Waals surface area contributed by atoms with Gasteiger partial charge >= 0.3 is 0 Å². The summed E-state index contributed by atoms with van der Waals surface area (Å²) in [5, 5.41) is 13.7. The minimum Gasteiger partial charge on any atom is -0.389 e. The van der Waals surface area contributed by atoms with Gasteiger partial charge in [0.2, 0.25) is 0 Å². The highest BCUT2D eigenvalue weighted by molar-refractivity contribution is 4.85. The maximum absolute atomic E-state index is 10.2. The zero-order valence-electron chi connectivity index (χ0n) is 11.6. The van der Waals surface area contributed by atoms with Gasteiger partial charge in [0.05, 0.1) is 5.60 Å². The first-order chi connectivity index (χ1) is 7.23. The van der Waals surface area contributed by atoms with Gasteiger partial charge in [0.1, 0.15) is 0 Å². The molecule has 0 aromatic carbocycles. The minimum absolute atomic E-state index is 0.306. The van der Waals surface area contributed by atoms with Gasteiger partial charge in [0.15, 0.2) is 0 Å². The summed E-state index contributed by atoms with van der Waals surface area (Å²) in [4.78, 5) is 0. The highest BCUT2D eigenvalue weighted by atomic mass is 16.3. The van der Waals surface area contributed by atoms with Gasteiger partial charge in [-0.05, 0) is 43.9 Å². The van der Waals surface area contributed by atoms with Gasteiger partial charge in [0, 0.05) is 12.6 Å². The fourth-order valence-electron chi connectivity index (χ4n) is 2.16. The SMILES string of the molecule is CC(C)C(C)(O)CNC1CCC(C)(C)CC1. The van der Waals surface area contributed by atoms with Crippen molar-refractivity contribution < 1.29 is 5.11 Å². The second-order valence-corrected chi connectivity index (χ2v) is 6.83. The van der Waals surface area contributed by atoms with Gasteiger partial charge in [-0.1, -0.05) is 27.7 Å². The van der Waals surface area contributed by atoms with E-state index in [2.05, 4.69) is 33.0 Å². The Morgan fingerprint density at radius 1 is 1.31 bits per heavy atom. The van der Waals surface area contributed by atoms with E-state index in [4.69, 9.17) is 0 Å². The van der Waals surface area contributed by atoms with Crippen LogP contribution >= 0.6 is 0 Å². The van der Waals surface area contributed by atoms with Crippen LogP contribution in [0.3, 0.4) is 0 Å². The molecule has 0 bridgehead atoms. The number of aliphatic hydroxyl groups is 1. The van der Waals surface area contributed by atoms with Gasteiger partial charge in [0.25, 0.3) is 0 Å². The van der Waals surface area contributed by atoms with Crippen LogP contribution in [0.1, 0.15) is 60.3 Å². The van der Waals surface area contributed by atoms with E-state index in [1.165, 1.54) is 25.7 Å². The normalized spacial score (nSPS) is 25.7. The van der Waals surface area contributed by atoms with Gasteiger partial charge < -0.3 is 10.4 Å². The topological polar surface area (TPSA) is 32.3 Å². The summed E-state index contributed by atoms with van der Waals surface area (Å²) in [5.41, 5.74) is -0.0499.